The zero-order valence-corrected chi connectivity index (χ0v) is 8.62. The molecule has 1 aromatic carbocycles. The van der Waals surface area contributed by atoms with Gasteiger partial charge >= 0.3 is 0 Å². The molecule has 0 aliphatic heterocycles. The number of carbonyl (C=O) groups excluding carboxylic acids is 2. The fourth-order valence-electron chi connectivity index (χ4n) is 1.09. The Balaban J connectivity index is 2.70. The first-order valence-electron chi connectivity index (χ1n) is 4.37. The highest BCUT2D eigenvalue weighted by Crippen LogP contribution is 2.12. The lowest BCUT2D eigenvalue weighted by atomic mass is 10.0. The highest BCUT2D eigenvalue weighted by atomic mass is 35.5. The number of carbonyl (C=O) groups is 2. The van der Waals surface area contributed by atoms with Crippen LogP contribution in [0.2, 0.25) is 5.02 Å². The van der Waals surface area contributed by atoms with Gasteiger partial charge in [-0.2, -0.15) is 0 Å². The smallest absolute Gasteiger partial charge is 0.163 e. The van der Waals surface area contributed by atoms with Crippen molar-refractivity contribution in [3.8, 4) is 0 Å². The fraction of sp³-hybridized carbons (Fsp3) is 0.273. The van der Waals surface area contributed by atoms with Crippen molar-refractivity contribution in [2.75, 3.05) is 0 Å². The van der Waals surface area contributed by atoms with E-state index in [1.807, 2.05) is 0 Å². The molecule has 1 aromatic rings. The van der Waals surface area contributed by atoms with Gasteiger partial charge in [-0.1, -0.05) is 18.5 Å². The second-order valence-electron chi connectivity index (χ2n) is 3.25. The molecule has 0 saturated heterocycles. The van der Waals surface area contributed by atoms with E-state index in [1.54, 1.807) is 31.2 Å². The Morgan fingerprint density at radius 3 is 2.50 bits per heavy atom. The molecule has 1 atom stereocenters. The normalized spacial score (nSPS) is 12.1. The Morgan fingerprint density at radius 1 is 1.43 bits per heavy atom. The van der Waals surface area contributed by atoms with E-state index in [9.17, 15) is 9.59 Å². The van der Waals surface area contributed by atoms with E-state index in [0.717, 1.165) is 6.29 Å². The van der Waals surface area contributed by atoms with Gasteiger partial charge in [0.2, 0.25) is 0 Å². The summed E-state index contributed by atoms with van der Waals surface area (Å²) in [7, 11) is 0. The molecule has 3 heteroatoms. The van der Waals surface area contributed by atoms with Crippen LogP contribution in [0.4, 0.5) is 0 Å². The number of ketones is 1. The standard InChI is InChI=1S/C11H11ClO2/c1-8(7-13)6-11(14)9-2-4-10(12)5-3-9/h2-5,7-8H,6H2,1H3. The number of benzene rings is 1. The molecule has 0 saturated carbocycles. The minimum atomic E-state index is -0.224. The maximum absolute atomic E-state index is 11.5. The molecule has 0 spiro atoms. The van der Waals surface area contributed by atoms with Crippen LogP contribution in [-0.2, 0) is 4.79 Å². The van der Waals surface area contributed by atoms with Crippen LogP contribution in [0.3, 0.4) is 0 Å². The van der Waals surface area contributed by atoms with Crippen LogP contribution in [-0.4, -0.2) is 12.1 Å². The summed E-state index contributed by atoms with van der Waals surface area (Å²) >= 11 is 5.68. The summed E-state index contributed by atoms with van der Waals surface area (Å²) in [6.07, 6.45) is 1.04. The van der Waals surface area contributed by atoms with Crippen molar-refractivity contribution in [2.24, 2.45) is 5.92 Å². The van der Waals surface area contributed by atoms with Gasteiger partial charge in [0.25, 0.3) is 0 Å². The Morgan fingerprint density at radius 2 is 2.00 bits per heavy atom. The topological polar surface area (TPSA) is 34.1 Å². The average Bonchev–Trinajstić information content (AvgIpc) is 2.18. The van der Waals surface area contributed by atoms with Crippen LogP contribution in [0.25, 0.3) is 0 Å². The maximum Gasteiger partial charge on any atom is 0.163 e. The molecule has 0 aliphatic rings. The van der Waals surface area contributed by atoms with Crippen molar-refractivity contribution in [1.29, 1.82) is 0 Å². The SMILES string of the molecule is CC(C=O)CC(=O)c1ccc(Cl)cc1. The van der Waals surface area contributed by atoms with E-state index in [0.29, 0.717) is 10.6 Å². The Bertz CT molecular complexity index is 330. The van der Waals surface area contributed by atoms with Crippen LogP contribution < -0.4 is 0 Å². The summed E-state index contributed by atoms with van der Waals surface area (Å²) in [5.74, 6) is -0.251. The Hall–Kier alpha value is -1.15. The van der Waals surface area contributed by atoms with Gasteiger partial charge in [-0.25, -0.2) is 0 Å². The van der Waals surface area contributed by atoms with E-state index >= 15 is 0 Å². The molecule has 0 heterocycles. The van der Waals surface area contributed by atoms with Crippen LogP contribution in [0.1, 0.15) is 23.7 Å². The first-order valence-corrected chi connectivity index (χ1v) is 4.75. The van der Waals surface area contributed by atoms with Crippen molar-refractivity contribution in [3.05, 3.63) is 34.9 Å². The van der Waals surface area contributed by atoms with E-state index in [4.69, 9.17) is 11.6 Å². The predicted molar refractivity (Wildman–Crippen MR) is 55.6 cm³/mol. The van der Waals surface area contributed by atoms with E-state index in [-0.39, 0.29) is 18.1 Å². The molecule has 0 fully saturated rings. The quantitative estimate of drug-likeness (QED) is 0.566. The lowest BCUT2D eigenvalue weighted by molar-refractivity contribution is -0.110. The third-order valence-corrected chi connectivity index (χ3v) is 2.16. The average molecular weight is 211 g/mol. The second-order valence-corrected chi connectivity index (χ2v) is 3.68. The molecule has 1 unspecified atom stereocenters. The summed E-state index contributed by atoms with van der Waals surface area (Å²) in [6, 6.07) is 6.67. The minimum absolute atomic E-state index is 0.0266. The highest BCUT2D eigenvalue weighted by molar-refractivity contribution is 6.30. The predicted octanol–water partition coefficient (Wildman–Crippen LogP) is 2.75. The molecule has 14 heavy (non-hydrogen) atoms. The molecular weight excluding hydrogens is 200 g/mol. The summed E-state index contributed by atoms with van der Waals surface area (Å²) in [5, 5.41) is 0.602. The third-order valence-electron chi connectivity index (χ3n) is 1.91. The molecule has 2 nitrogen and oxygen atoms in total. The molecule has 0 aromatic heterocycles. The summed E-state index contributed by atoms with van der Waals surface area (Å²) in [4.78, 5) is 21.9. The lowest BCUT2D eigenvalue weighted by Gasteiger charge is -2.02. The summed E-state index contributed by atoms with van der Waals surface area (Å²) in [6.45, 7) is 1.72. The van der Waals surface area contributed by atoms with Gasteiger partial charge in [-0.15, -0.1) is 0 Å². The van der Waals surface area contributed by atoms with Crippen molar-refractivity contribution in [2.45, 2.75) is 13.3 Å². The second kappa shape index (κ2) is 4.91. The molecule has 0 radical (unpaired) electrons. The first-order chi connectivity index (χ1) is 6.63. The van der Waals surface area contributed by atoms with Gasteiger partial charge in [-0.05, 0) is 24.3 Å². The summed E-state index contributed by atoms with van der Waals surface area (Å²) < 4.78 is 0. The van der Waals surface area contributed by atoms with Crippen LogP contribution in [0.5, 0.6) is 0 Å². The number of halogens is 1. The highest BCUT2D eigenvalue weighted by Gasteiger charge is 2.09. The largest absolute Gasteiger partial charge is 0.303 e. The lowest BCUT2D eigenvalue weighted by Crippen LogP contribution is -2.06. The van der Waals surface area contributed by atoms with Crippen molar-refractivity contribution < 1.29 is 9.59 Å². The van der Waals surface area contributed by atoms with Gasteiger partial charge in [-0.3, -0.25) is 4.79 Å². The number of hydrogen-bond donors (Lipinski definition) is 0. The molecule has 74 valence electrons. The number of rotatable bonds is 4. The minimum Gasteiger partial charge on any atom is -0.303 e. The summed E-state index contributed by atoms with van der Waals surface area (Å²) in [5.41, 5.74) is 0.600. The third kappa shape index (κ3) is 2.96. The van der Waals surface area contributed by atoms with E-state index in [1.165, 1.54) is 0 Å². The van der Waals surface area contributed by atoms with Gasteiger partial charge < -0.3 is 4.79 Å². The van der Waals surface area contributed by atoms with Crippen molar-refractivity contribution in [1.82, 2.24) is 0 Å². The molecular formula is C11H11ClO2. The van der Waals surface area contributed by atoms with Crippen molar-refractivity contribution in [3.63, 3.8) is 0 Å². The fourth-order valence-corrected chi connectivity index (χ4v) is 1.22. The molecule has 1 rings (SSSR count). The van der Waals surface area contributed by atoms with Crippen LogP contribution in [0.15, 0.2) is 24.3 Å². The van der Waals surface area contributed by atoms with Crippen molar-refractivity contribution >= 4 is 23.7 Å². The van der Waals surface area contributed by atoms with E-state index in [2.05, 4.69) is 0 Å². The first kappa shape index (κ1) is 10.9. The molecule has 0 N–H and O–H groups in total. The monoisotopic (exact) mass is 210 g/mol. The van der Waals surface area contributed by atoms with Gasteiger partial charge in [0.05, 0.1) is 0 Å². The zero-order valence-electron chi connectivity index (χ0n) is 7.87. The molecule has 0 bridgehead atoms. The van der Waals surface area contributed by atoms with E-state index < -0.39 is 0 Å². The van der Waals surface area contributed by atoms with Gasteiger partial charge in [0.15, 0.2) is 5.78 Å². The number of Topliss-reactive ketones (excluding diaryl/α,β-unsaturated/α-hetero) is 1. The number of hydrogen-bond acceptors (Lipinski definition) is 2. The number of aldehydes is 1. The van der Waals surface area contributed by atoms with Gasteiger partial charge in [0, 0.05) is 22.9 Å². The van der Waals surface area contributed by atoms with Crippen LogP contribution >= 0.6 is 11.6 Å². The molecule has 0 aliphatic carbocycles. The molecule has 0 amide bonds. The maximum atomic E-state index is 11.5. The zero-order chi connectivity index (χ0) is 10.6. The van der Waals surface area contributed by atoms with Gasteiger partial charge in [0.1, 0.15) is 6.29 Å². The Kier molecular flexibility index (Phi) is 3.84. The van der Waals surface area contributed by atoms with Crippen LogP contribution in [0, 0.1) is 5.92 Å². The Labute approximate surface area is 87.9 Å².